The zero-order valence-electron chi connectivity index (χ0n) is 11.7. The Morgan fingerprint density at radius 3 is 2.00 bits per heavy atom. The predicted molar refractivity (Wildman–Crippen MR) is 84.0 cm³/mol. The van der Waals surface area contributed by atoms with Gasteiger partial charge in [-0.2, -0.15) is 0 Å². The zero-order valence-corrected chi connectivity index (χ0v) is 12.5. The molecule has 5 heteroatoms. The molecule has 0 atom stereocenters. The molecule has 22 heavy (non-hydrogen) atoms. The first-order chi connectivity index (χ1) is 10.7. The third-order valence-electron chi connectivity index (χ3n) is 3.36. The van der Waals surface area contributed by atoms with Crippen molar-refractivity contribution in [3.63, 3.8) is 0 Å². The molecule has 0 fully saturated rings. The third-order valence-corrected chi connectivity index (χ3v) is 4.43. The second-order valence-electron chi connectivity index (χ2n) is 4.88. The van der Waals surface area contributed by atoms with E-state index in [1.165, 1.54) is 11.8 Å². The van der Waals surface area contributed by atoms with Gasteiger partial charge in [0.2, 0.25) is 0 Å². The third kappa shape index (κ3) is 2.80. The minimum atomic E-state index is -0.390. The van der Waals surface area contributed by atoms with Gasteiger partial charge in [0.05, 0.1) is 23.4 Å². The Morgan fingerprint density at radius 1 is 0.864 bits per heavy atom. The Balaban J connectivity index is 1.63. The van der Waals surface area contributed by atoms with Gasteiger partial charge in [0, 0.05) is 4.90 Å². The molecule has 0 bridgehead atoms. The highest BCUT2D eigenvalue weighted by molar-refractivity contribution is 8.00. The highest BCUT2D eigenvalue weighted by atomic mass is 32.2. The molecule has 110 valence electrons. The Bertz CT molecular complexity index is 708. The first kappa shape index (κ1) is 14.5. The molecule has 0 N–H and O–H groups in total. The van der Waals surface area contributed by atoms with Gasteiger partial charge in [-0.1, -0.05) is 30.3 Å². The number of carbonyl (C=O) groups is 3. The first-order valence-corrected chi connectivity index (χ1v) is 7.80. The van der Waals surface area contributed by atoms with Gasteiger partial charge < -0.3 is 0 Å². The lowest BCUT2D eigenvalue weighted by atomic mass is 10.1. The summed E-state index contributed by atoms with van der Waals surface area (Å²) in [6.45, 7) is -0.174. The SMILES string of the molecule is O=C(CSc1ccccc1)CN1C(=O)c2ccccc2C1=O. The first-order valence-electron chi connectivity index (χ1n) is 6.81. The van der Waals surface area contributed by atoms with Gasteiger partial charge in [-0.15, -0.1) is 11.8 Å². The van der Waals surface area contributed by atoms with Crippen LogP contribution in [0.1, 0.15) is 20.7 Å². The second-order valence-corrected chi connectivity index (χ2v) is 5.93. The topological polar surface area (TPSA) is 54.5 Å². The van der Waals surface area contributed by atoms with Crippen LogP contribution in [0.25, 0.3) is 0 Å². The summed E-state index contributed by atoms with van der Waals surface area (Å²) in [6.07, 6.45) is 0. The summed E-state index contributed by atoms with van der Waals surface area (Å²) >= 11 is 1.40. The molecule has 0 aliphatic carbocycles. The summed E-state index contributed by atoms with van der Waals surface area (Å²) < 4.78 is 0. The lowest BCUT2D eigenvalue weighted by Gasteiger charge is -2.12. The van der Waals surface area contributed by atoms with Crippen LogP contribution in [0.3, 0.4) is 0 Å². The van der Waals surface area contributed by atoms with Crippen molar-refractivity contribution in [3.8, 4) is 0 Å². The molecule has 0 aromatic heterocycles. The molecule has 0 saturated carbocycles. The zero-order chi connectivity index (χ0) is 15.5. The molecule has 4 nitrogen and oxygen atoms in total. The average Bonchev–Trinajstić information content (AvgIpc) is 2.79. The fraction of sp³-hybridized carbons (Fsp3) is 0.118. The quantitative estimate of drug-likeness (QED) is 0.629. The number of nitrogens with zero attached hydrogens (tertiary/aromatic N) is 1. The van der Waals surface area contributed by atoms with Gasteiger partial charge >= 0.3 is 0 Å². The molecule has 0 saturated heterocycles. The van der Waals surface area contributed by atoms with Crippen LogP contribution in [-0.4, -0.2) is 34.8 Å². The van der Waals surface area contributed by atoms with Crippen LogP contribution in [-0.2, 0) is 4.79 Å². The number of fused-ring (bicyclic) bond motifs is 1. The lowest BCUT2D eigenvalue weighted by molar-refractivity contribution is -0.116. The van der Waals surface area contributed by atoms with E-state index in [-0.39, 0.29) is 18.1 Å². The van der Waals surface area contributed by atoms with E-state index in [1.807, 2.05) is 30.3 Å². The van der Waals surface area contributed by atoms with E-state index in [0.29, 0.717) is 11.1 Å². The Morgan fingerprint density at radius 2 is 1.41 bits per heavy atom. The maximum atomic E-state index is 12.2. The van der Waals surface area contributed by atoms with Gasteiger partial charge in [0.15, 0.2) is 5.78 Å². The van der Waals surface area contributed by atoms with Gasteiger partial charge in [0.25, 0.3) is 11.8 Å². The van der Waals surface area contributed by atoms with Crippen LogP contribution >= 0.6 is 11.8 Å². The molecule has 0 unspecified atom stereocenters. The smallest absolute Gasteiger partial charge is 0.261 e. The second kappa shape index (κ2) is 6.15. The Labute approximate surface area is 132 Å². The van der Waals surface area contributed by atoms with Crippen LogP contribution in [0, 0.1) is 0 Å². The minimum Gasteiger partial charge on any atom is -0.297 e. The summed E-state index contributed by atoms with van der Waals surface area (Å²) in [4.78, 5) is 38.4. The van der Waals surface area contributed by atoms with E-state index < -0.39 is 11.8 Å². The molecule has 2 amide bonds. The van der Waals surface area contributed by atoms with Crippen LogP contribution in [0.5, 0.6) is 0 Å². The lowest BCUT2D eigenvalue weighted by Crippen LogP contribution is -2.35. The number of rotatable bonds is 5. The molecule has 0 spiro atoms. The molecule has 3 rings (SSSR count). The van der Waals surface area contributed by atoms with E-state index in [4.69, 9.17) is 0 Å². The van der Waals surface area contributed by atoms with Gasteiger partial charge in [0.1, 0.15) is 0 Å². The summed E-state index contributed by atoms with van der Waals surface area (Å²) in [6, 6.07) is 16.2. The van der Waals surface area contributed by atoms with E-state index in [0.717, 1.165) is 9.80 Å². The van der Waals surface area contributed by atoms with E-state index >= 15 is 0 Å². The fourth-order valence-electron chi connectivity index (χ4n) is 2.29. The number of benzene rings is 2. The number of ketones is 1. The van der Waals surface area contributed by atoms with Crippen LogP contribution in [0.4, 0.5) is 0 Å². The normalized spacial score (nSPS) is 13.4. The highest BCUT2D eigenvalue weighted by Gasteiger charge is 2.35. The van der Waals surface area contributed by atoms with Crippen molar-refractivity contribution >= 4 is 29.4 Å². The summed E-state index contributed by atoms with van der Waals surface area (Å²) in [5.74, 6) is -0.696. The van der Waals surface area contributed by atoms with Gasteiger partial charge in [-0.05, 0) is 24.3 Å². The van der Waals surface area contributed by atoms with Crippen LogP contribution in [0.2, 0.25) is 0 Å². The Kier molecular flexibility index (Phi) is 4.06. The fourth-order valence-corrected chi connectivity index (χ4v) is 3.05. The molecule has 0 radical (unpaired) electrons. The molecular formula is C17H13NO3S. The summed E-state index contributed by atoms with van der Waals surface area (Å²) in [5, 5.41) is 0. The molecule has 1 aliphatic heterocycles. The van der Waals surface area contributed by atoms with Crippen molar-refractivity contribution in [2.24, 2.45) is 0 Å². The molecule has 2 aromatic carbocycles. The van der Waals surface area contributed by atoms with Crippen LogP contribution in [0.15, 0.2) is 59.5 Å². The monoisotopic (exact) mass is 311 g/mol. The van der Waals surface area contributed by atoms with Crippen molar-refractivity contribution < 1.29 is 14.4 Å². The molecule has 1 aliphatic rings. The number of Topliss-reactive ketones (excluding diaryl/α,β-unsaturated/α-hetero) is 1. The van der Waals surface area contributed by atoms with Crippen molar-refractivity contribution in [1.29, 1.82) is 0 Å². The maximum absolute atomic E-state index is 12.2. The molecule has 2 aromatic rings. The maximum Gasteiger partial charge on any atom is 0.261 e. The summed E-state index contributed by atoms with van der Waals surface area (Å²) in [7, 11) is 0. The largest absolute Gasteiger partial charge is 0.297 e. The average molecular weight is 311 g/mol. The standard InChI is InChI=1S/C17H13NO3S/c19-12(11-22-13-6-2-1-3-7-13)10-18-16(20)14-8-4-5-9-15(14)17(18)21/h1-9H,10-11H2. The van der Waals surface area contributed by atoms with Crippen molar-refractivity contribution in [1.82, 2.24) is 4.90 Å². The number of imide groups is 1. The van der Waals surface area contributed by atoms with Crippen molar-refractivity contribution in [3.05, 3.63) is 65.7 Å². The van der Waals surface area contributed by atoms with Gasteiger partial charge in [-0.3, -0.25) is 19.3 Å². The van der Waals surface area contributed by atoms with Crippen LogP contribution < -0.4 is 0 Å². The molecule has 1 heterocycles. The van der Waals surface area contributed by atoms with Gasteiger partial charge in [-0.25, -0.2) is 0 Å². The van der Waals surface area contributed by atoms with E-state index in [9.17, 15) is 14.4 Å². The number of carbonyl (C=O) groups excluding carboxylic acids is 3. The molecular weight excluding hydrogens is 298 g/mol. The highest BCUT2D eigenvalue weighted by Crippen LogP contribution is 2.23. The van der Waals surface area contributed by atoms with Crippen molar-refractivity contribution in [2.75, 3.05) is 12.3 Å². The predicted octanol–water partition coefficient (Wildman–Crippen LogP) is 2.64. The van der Waals surface area contributed by atoms with E-state index in [2.05, 4.69) is 0 Å². The van der Waals surface area contributed by atoms with Crippen molar-refractivity contribution in [2.45, 2.75) is 4.90 Å². The number of hydrogen-bond donors (Lipinski definition) is 0. The number of amides is 2. The van der Waals surface area contributed by atoms with E-state index in [1.54, 1.807) is 24.3 Å². The summed E-state index contributed by atoms with van der Waals surface area (Å²) in [5.41, 5.74) is 0.743. The Hall–Kier alpha value is -2.40. The number of hydrogen-bond acceptors (Lipinski definition) is 4. The minimum absolute atomic E-state index is 0.150. The number of thioether (sulfide) groups is 1.